The van der Waals surface area contributed by atoms with Crippen molar-refractivity contribution in [2.75, 3.05) is 25.5 Å². The third kappa shape index (κ3) is 3.41. The summed E-state index contributed by atoms with van der Waals surface area (Å²) in [5, 5.41) is 4.83. The van der Waals surface area contributed by atoms with Gasteiger partial charge in [-0.25, -0.2) is 0 Å². The van der Waals surface area contributed by atoms with Gasteiger partial charge in [0.1, 0.15) is 0 Å². The molecule has 1 heterocycles. The lowest BCUT2D eigenvalue weighted by Gasteiger charge is -2.32. The first-order valence-electron chi connectivity index (χ1n) is 7.40. The van der Waals surface area contributed by atoms with Gasteiger partial charge in [-0.05, 0) is 31.6 Å². The van der Waals surface area contributed by atoms with Crippen LogP contribution >= 0.6 is 11.8 Å². The normalized spacial score (nSPS) is 28.8. The molecule has 1 saturated heterocycles. The Morgan fingerprint density at radius 1 is 1.28 bits per heavy atom. The fourth-order valence-corrected chi connectivity index (χ4v) is 4.08. The first-order chi connectivity index (χ1) is 8.86. The summed E-state index contributed by atoms with van der Waals surface area (Å²) < 4.78 is 5.61. The van der Waals surface area contributed by atoms with E-state index in [4.69, 9.17) is 4.74 Å². The van der Waals surface area contributed by atoms with Crippen molar-refractivity contribution in [3.05, 3.63) is 0 Å². The number of nitrogens with one attached hydrogen (secondary N) is 1. The summed E-state index contributed by atoms with van der Waals surface area (Å²) in [6, 6.07) is 0. The van der Waals surface area contributed by atoms with Crippen LogP contribution in [0.5, 0.6) is 0 Å². The zero-order valence-corrected chi connectivity index (χ0v) is 11.9. The molecule has 1 aliphatic heterocycles. The van der Waals surface area contributed by atoms with Crippen molar-refractivity contribution < 1.29 is 4.74 Å². The molecule has 4 heteroatoms. The first-order valence-corrected chi connectivity index (χ1v) is 8.38. The summed E-state index contributed by atoms with van der Waals surface area (Å²) in [4.78, 5) is 4.63. The molecule has 0 radical (unpaired) electrons. The average Bonchev–Trinajstić information content (AvgIpc) is 3.14. The largest absolute Gasteiger partial charge is 0.379 e. The van der Waals surface area contributed by atoms with Gasteiger partial charge >= 0.3 is 0 Å². The van der Waals surface area contributed by atoms with Gasteiger partial charge in [-0.15, -0.1) is 0 Å². The first kappa shape index (κ1) is 12.8. The van der Waals surface area contributed by atoms with E-state index in [9.17, 15) is 0 Å². The predicted octanol–water partition coefficient (Wildman–Crippen LogP) is 2.81. The quantitative estimate of drug-likeness (QED) is 0.778. The lowest BCUT2D eigenvalue weighted by atomic mass is 9.83. The number of hydrogen-bond donors (Lipinski definition) is 1. The van der Waals surface area contributed by atoms with Crippen LogP contribution in [-0.2, 0) is 4.74 Å². The maximum Gasteiger partial charge on any atom is 0.157 e. The van der Waals surface area contributed by atoms with E-state index in [1.54, 1.807) is 0 Å². The van der Waals surface area contributed by atoms with Gasteiger partial charge in [-0.2, -0.15) is 0 Å². The van der Waals surface area contributed by atoms with E-state index in [-0.39, 0.29) is 0 Å². The van der Waals surface area contributed by atoms with Crippen molar-refractivity contribution in [3.63, 3.8) is 0 Å². The van der Waals surface area contributed by atoms with Gasteiger partial charge in [0.2, 0.25) is 0 Å². The molecular formula is C14H24N2OS. The Hall–Kier alpha value is -0.220. The van der Waals surface area contributed by atoms with Gasteiger partial charge in [-0.3, -0.25) is 4.99 Å². The predicted molar refractivity (Wildman–Crippen MR) is 77.3 cm³/mol. The lowest BCUT2D eigenvalue weighted by molar-refractivity contribution is 0.132. The Bertz CT molecular complexity index is 309. The molecule has 3 rings (SSSR count). The monoisotopic (exact) mass is 268 g/mol. The molecule has 0 aromatic rings. The highest BCUT2D eigenvalue weighted by molar-refractivity contribution is 8.14. The molecule has 1 spiro atoms. The van der Waals surface area contributed by atoms with Crippen LogP contribution in [0, 0.1) is 5.92 Å². The maximum absolute atomic E-state index is 5.61. The molecule has 0 aromatic heterocycles. The number of rotatable bonds is 5. The second-order valence-electron chi connectivity index (χ2n) is 5.96. The van der Waals surface area contributed by atoms with E-state index in [1.165, 1.54) is 50.7 Å². The molecule has 1 N–H and O–H groups in total. The van der Waals surface area contributed by atoms with Gasteiger partial charge in [0.15, 0.2) is 5.17 Å². The van der Waals surface area contributed by atoms with Crippen molar-refractivity contribution in [1.82, 2.24) is 5.32 Å². The standard InChI is InChI=1S/C14H24N2OS/c1-2-6-14(7-3-1)11-18-13(16-14)15-8-9-17-10-12-4-5-12/h12H,1-11H2,(H,15,16). The number of aliphatic imine (C=N–C) groups is 1. The van der Waals surface area contributed by atoms with Gasteiger partial charge in [-0.1, -0.05) is 31.0 Å². The molecule has 3 fully saturated rings. The highest BCUT2D eigenvalue weighted by atomic mass is 32.2. The van der Waals surface area contributed by atoms with Crippen molar-refractivity contribution in [2.45, 2.75) is 50.5 Å². The second-order valence-corrected chi connectivity index (χ2v) is 6.92. The van der Waals surface area contributed by atoms with Crippen molar-refractivity contribution >= 4 is 16.9 Å². The van der Waals surface area contributed by atoms with Gasteiger partial charge in [0, 0.05) is 17.9 Å². The smallest absolute Gasteiger partial charge is 0.157 e. The minimum atomic E-state index is 0.386. The van der Waals surface area contributed by atoms with E-state index in [0.29, 0.717) is 5.54 Å². The highest BCUT2D eigenvalue weighted by Gasteiger charge is 2.37. The van der Waals surface area contributed by atoms with Crippen LogP contribution in [0.15, 0.2) is 4.99 Å². The fraction of sp³-hybridized carbons (Fsp3) is 0.929. The summed E-state index contributed by atoms with van der Waals surface area (Å²) in [5.41, 5.74) is 0.386. The minimum Gasteiger partial charge on any atom is -0.379 e. The van der Waals surface area contributed by atoms with E-state index in [0.717, 1.165) is 30.8 Å². The fourth-order valence-electron chi connectivity index (χ4n) is 2.83. The molecule has 0 bridgehead atoms. The molecule has 18 heavy (non-hydrogen) atoms. The molecule has 0 atom stereocenters. The third-order valence-corrected chi connectivity index (χ3v) is 5.41. The molecule has 2 saturated carbocycles. The zero-order chi connectivity index (χ0) is 12.3. The van der Waals surface area contributed by atoms with Crippen LogP contribution in [0.4, 0.5) is 0 Å². The van der Waals surface area contributed by atoms with Crippen LogP contribution in [-0.4, -0.2) is 36.2 Å². The van der Waals surface area contributed by atoms with Gasteiger partial charge in [0.25, 0.3) is 0 Å². The summed E-state index contributed by atoms with van der Waals surface area (Å²) in [7, 11) is 0. The second kappa shape index (κ2) is 5.83. The van der Waals surface area contributed by atoms with E-state index in [2.05, 4.69) is 10.3 Å². The zero-order valence-electron chi connectivity index (χ0n) is 11.1. The Balaban J connectivity index is 1.37. The minimum absolute atomic E-state index is 0.386. The molecule has 2 aliphatic carbocycles. The summed E-state index contributed by atoms with van der Waals surface area (Å²) >= 11 is 1.91. The van der Waals surface area contributed by atoms with Gasteiger partial charge < -0.3 is 10.1 Å². The topological polar surface area (TPSA) is 33.6 Å². The van der Waals surface area contributed by atoms with Crippen LogP contribution in [0.2, 0.25) is 0 Å². The lowest BCUT2D eigenvalue weighted by Crippen LogP contribution is -2.45. The Morgan fingerprint density at radius 3 is 2.89 bits per heavy atom. The number of ether oxygens (including phenoxy) is 1. The molecule has 0 amide bonds. The van der Waals surface area contributed by atoms with Gasteiger partial charge in [0.05, 0.1) is 13.2 Å². The Kier molecular flexibility index (Phi) is 4.14. The third-order valence-electron chi connectivity index (χ3n) is 4.21. The number of thioether (sulfide) groups is 1. The van der Waals surface area contributed by atoms with Crippen LogP contribution in [0.3, 0.4) is 0 Å². The Morgan fingerprint density at radius 2 is 2.11 bits per heavy atom. The number of amidine groups is 1. The van der Waals surface area contributed by atoms with Crippen molar-refractivity contribution in [3.8, 4) is 0 Å². The van der Waals surface area contributed by atoms with E-state index < -0.39 is 0 Å². The average molecular weight is 268 g/mol. The molecular weight excluding hydrogens is 244 g/mol. The molecule has 3 nitrogen and oxygen atoms in total. The van der Waals surface area contributed by atoms with Crippen LogP contribution < -0.4 is 5.32 Å². The SMILES string of the molecule is C1CCC2(CC1)CSC(=NCCOCC1CC1)N2. The van der Waals surface area contributed by atoms with Crippen LogP contribution in [0.1, 0.15) is 44.9 Å². The van der Waals surface area contributed by atoms with Crippen molar-refractivity contribution in [2.24, 2.45) is 10.9 Å². The molecule has 0 aromatic carbocycles. The van der Waals surface area contributed by atoms with E-state index >= 15 is 0 Å². The van der Waals surface area contributed by atoms with Crippen molar-refractivity contribution in [1.29, 1.82) is 0 Å². The molecule has 0 unspecified atom stereocenters. The molecule has 102 valence electrons. The highest BCUT2D eigenvalue weighted by Crippen LogP contribution is 2.36. The summed E-state index contributed by atoms with van der Waals surface area (Å²) in [6.45, 7) is 2.56. The van der Waals surface area contributed by atoms with Crippen LogP contribution in [0.25, 0.3) is 0 Å². The molecule has 3 aliphatic rings. The number of hydrogen-bond acceptors (Lipinski definition) is 3. The Labute approximate surface area is 114 Å². The summed E-state index contributed by atoms with van der Waals surface area (Å²) in [5.74, 6) is 2.08. The maximum atomic E-state index is 5.61. The summed E-state index contributed by atoms with van der Waals surface area (Å²) in [6.07, 6.45) is 9.57. The number of nitrogens with zero attached hydrogens (tertiary/aromatic N) is 1. The van der Waals surface area contributed by atoms with E-state index in [1.807, 2.05) is 11.8 Å².